The van der Waals surface area contributed by atoms with Crippen LogP contribution in [-0.4, -0.2) is 13.0 Å². The van der Waals surface area contributed by atoms with Crippen molar-refractivity contribution in [1.82, 2.24) is 0 Å². The van der Waals surface area contributed by atoms with Gasteiger partial charge < -0.3 is 19.2 Å². The normalized spacial score (nSPS) is 10.6. The van der Waals surface area contributed by atoms with Gasteiger partial charge in [-0.05, 0) is 30.3 Å². The molecule has 0 spiro atoms. The molecular weight excluding hydrogens is 354 g/mol. The Morgan fingerprint density at radius 2 is 1.68 bits per heavy atom. The number of ether oxygens (including phenoxy) is 2. The van der Waals surface area contributed by atoms with E-state index >= 15 is 0 Å². The van der Waals surface area contributed by atoms with E-state index in [1.54, 1.807) is 19.2 Å². The molecule has 1 N–H and O–H groups in total. The van der Waals surface area contributed by atoms with Crippen LogP contribution in [0.25, 0.3) is 11.0 Å². The highest BCUT2D eigenvalue weighted by Crippen LogP contribution is 2.28. The van der Waals surface area contributed by atoms with Gasteiger partial charge in [0.05, 0.1) is 7.11 Å². The first kappa shape index (κ1) is 17.7. The zero-order valence-electron chi connectivity index (χ0n) is 15.3. The van der Waals surface area contributed by atoms with E-state index in [-0.39, 0.29) is 18.3 Å². The average Bonchev–Trinajstić information content (AvgIpc) is 3.12. The SMILES string of the molecule is COc1cccc(NC(=O)c2oc3ccccc3c2COc2ccccc2)c1. The van der Waals surface area contributed by atoms with Gasteiger partial charge in [-0.1, -0.05) is 42.5 Å². The highest BCUT2D eigenvalue weighted by Gasteiger charge is 2.21. The van der Waals surface area contributed by atoms with Crippen LogP contribution in [0.1, 0.15) is 16.1 Å². The summed E-state index contributed by atoms with van der Waals surface area (Å²) in [5, 5.41) is 3.72. The summed E-state index contributed by atoms with van der Waals surface area (Å²) in [5.41, 5.74) is 1.98. The van der Waals surface area contributed by atoms with Crippen molar-refractivity contribution in [2.45, 2.75) is 6.61 Å². The lowest BCUT2D eigenvalue weighted by Gasteiger charge is -2.08. The number of carbonyl (C=O) groups excluding carboxylic acids is 1. The maximum absolute atomic E-state index is 12.9. The molecule has 0 aliphatic carbocycles. The minimum absolute atomic E-state index is 0.224. The minimum atomic E-state index is -0.337. The third-order valence-corrected chi connectivity index (χ3v) is 4.36. The first-order valence-corrected chi connectivity index (χ1v) is 8.88. The van der Waals surface area contributed by atoms with Gasteiger partial charge in [0.1, 0.15) is 23.7 Å². The predicted octanol–water partition coefficient (Wildman–Crippen LogP) is 5.27. The third kappa shape index (κ3) is 3.69. The van der Waals surface area contributed by atoms with E-state index in [9.17, 15) is 4.79 Å². The summed E-state index contributed by atoms with van der Waals surface area (Å²) in [6.45, 7) is 0.224. The van der Waals surface area contributed by atoms with Crippen LogP contribution in [0.4, 0.5) is 5.69 Å². The molecule has 0 aliphatic heterocycles. The minimum Gasteiger partial charge on any atom is -0.497 e. The van der Waals surface area contributed by atoms with Gasteiger partial charge in [-0.3, -0.25) is 4.79 Å². The first-order chi connectivity index (χ1) is 13.7. The van der Waals surface area contributed by atoms with Crippen molar-refractivity contribution in [1.29, 1.82) is 0 Å². The van der Waals surface area contributed by atoms with Crippen molar-refractivity contribution >= 4 is 22.6 Å². The lowest BCUT2D eigenvalue weighted by atomic mass is 10.1. The van der Waals surface area contributed by atoms with Crippen molar-refractivity contribution < 1.29 is 18.7 Å². The Morgan fingerprint density at radius 1 is 0.929 bits per heavy atom. The molecular formula is C23H19NO4. The molecule has 1 amide bonds. The fourth-order valence-corrected chi connectivity index (χ4v) is 2.99. The molecule has 0 unspecified atom stereocenters. The van der Waals surface area contributed by atoms with Gasteiger partial charge in [0.15, 0.2) is 5.76 Å². The third-order valence-electron chi connectivity index (χ3n) is 4.36. The van der Waals surface area contributed by atoms with E-state index < -0.39 is 0 Å². The van der Waals surface area contributed by atoms with Gasteiger partial charge in [0.25, 0.3) is 5.91 Å². The van der Waals surface area contributed by atoms with Crippen LogP contribution in [0.2, 0.25) is 0 Å². The van der Waals surface area contributed by atoms with Crippen LogP contribution in [-0.2, 0) is 6.61 Å². The Bertz CT molecular complexity index is 1100. The molecule has 4 rings (SSSR count). The zero-order valence-corrected chi connectivity index (χ0v) is 15.3. The number of benzene rings is 3. The number of methoxy groups -OCH3 is 1. The fourth-order valence-electron chi connectivity index (χ4n) is 2.99. The molecule has 0 bridgehead atoms. The van der Waals surface area contributed by atoms with E-state index in [0.29, 0.717) is 22.6 Å². The standard InChI is InChI=1S/C23H19NO4/c1-26-18-11-7-8-16(14-18)24-23(25)22-20(15-27-17-9-3-2-4-10-17)19-12-5-6-13-21(19)28-22/h2-14H,15H2,1H3,(H,24,25). The topological polar surface area (TPSA) is 60.7 Å². The van der Waals surface area contributed by atoms with Crippen LogP contribution in [0, 0.1) is 0 Å². The molecule has 5 nitrogen and oxygen atoms in total. The highest BCUT2D eigenvalue weighted by atomic mass is 16.5. The predicted molar refractivity (Wildman–Crippen MR) is 108 cm³/mol. The Labute approximate surface area is 162 Å². The number of fused-ring (bicyclic) bond motifs is 1. The van der Waals surface area contributed by atoms with Gasteiger partial charge in [0, 0.05) is 22.7 Å². The lowest BCUT2D eigenvalue weighted by Crippen LogP contribution is -2.14. The molecule has 0 aliphatic rings. The second-order valence-corrected chi connectivity index (χ2v) is 6.19. The number of amides is 1. The maximum atomic E-state index is 12.9. The van der Waals surface area contributed by atoms with E-state index in [1.807, 2.05) is 66.7 Å². The molecule has 0 saturated carbocycles. The summed E-state index contributed by atoms with van der Waals surface area (Å²) in [6, 6.07) is 24.2. The summed E-state index contributed by atoms with van der Waals surface area (Å²) < 4.78 is 16.9. The molecule has 3 aromatic carbocycles. The van der Waals surface area contributed by atoms with E-state index in [4.69, 9.17) is 13.9 Å². The van der Waals surface area contributed by atoms with E-state index in [0.717, 1.165) is 11.1 Å². The Kier molecular flexibility index (Phi) is 4.97. The van der Waals surface area contributed by atoms with Crippen molar-refractivity contribution in [2.24, 2.45) is 0 Å². The average molecular weight is 373 g/mol. The number of para-hydroxylation sites is 2. The number of rotatable bonds is 6. The van der Waals surface area contributed by atoms with Crippen LogP contribution in [0.3, 0.4) is 0 Å². The van der Waals surface area contributed by atoms with Crippen LogP contribution >= 0.6 is 0 Å². The van der Waals surface area contributed by atoms with E-state index in [2.05, 4.69) is 5.32 Å². The zero-order chi connectivity index (χ0) is 19.3. The maximum Gasteiger partial charge on any atom is 0.291 e. The smallest absolute Gasteiger partial charge is 0.291 e. The van der Waals surface area contributed by atoms with Gasteiger partial charge in [-0.15, -0.1) is 0 Å². The quantitative estimate of drug-likeness (QED) is 0.500. The molecule has 0 radical (unpaired) electrons. The number of anilines is 1. The summed E-state index contributed by atoms with van der Waals surface area (Å²) >= 11 is 0. The Balaban J connectivity index is 1.64. The van der Waals surface area contributed by atoms with Gasteiger partial charge in [-0.25, -0.2) is 0 Å². The Morgan fingerprint density at radius 3 is 2.50 bits per heavy atom. The molecule has 0 fully saturated rings. The summed E-state index contributed by atoms with van der Waals surface area (Å²) in [7, 11) is 1.58. The van der Waals surface area contributed by atoms with E-state index in [1.165, 1.54) is 0 Å². The van der Waals surface area contributed by atoms with Crippen molar-refractivity contribution in [3.05, 3.63) is 90.2 Å². The van der Waals surface area contributed by atoms with Crippen LogP contribution in [0.5, 0.6) is 11.5 Å². The molecule has 0 atom stereocenters. The number of carbonyl (C=O) groups is 1. The molecule has 1 heterocycles. The second-order valence-electron chi connectivity index (χ2n) is 6.19. The monoisotopic (exact) mass is 373 g/mol. The Hall–Kier alpha value is -3.73. The van der Waals surface area contributed by atoms with Crippen molar-refractivity contribution in [3.8, 4) is 11.5 Å². The van der Waals surface area contributed by atoms with Gasteiger partial charge >= 0.3 is 0 Å². The summed E-state index contributed by atoms with van der Waals surface area (Å²) in [6.07, 6.45) is 0. The molecule has 1 aromatic heterocycles. The molecule has 5 heteroatoms. The molecule has 28 heavy (non-hydrogen) atoms. The molecule has 140 valence electrons. The van der Waals surface area contributed by atoms with Gasteiger partial charge in [-0.2, -0.15) is 0 Å². The number of furan rings is 1. The largest absolute Gasteiger partial charge is 0.497 e. The highest BCUT2D eigenvalue weighted by molar-refractivity contribution is 6.06. The van der Waals surface area contributed by atoms with Crippen LogP contribution in [0.15, 0.2) is 83.3 Å². The summed E-state index contributed by atoms with van der Waals surface area (Å²) in [4.78, 5) is 12.9. The van der Waals surface area contributed by atoms with Crippen molar-refractivity contribution in [3.63, 3.8) is 0 Å². The molecule has 4 aromatic rings. The second kappa shape index (κ2) is 7.88. The number of hydrogen-bond acceptors (Lipinski definition) is 4. The number of nitrogens with one attached hydrogen (secondary N) is 1. The number of hydrogen-bond donors (Lipinski definition) is 1. The fraction of sp³-hybridized carbons (Fsp3) is 0.0870. The lowest BCUT2D eigenvalue weighted by molar-refractivity contribution is 0.0995. The first-order valence-electron chi connectivity index (χ1n) is 8.88. The van der Waals surface area contributed by atoms with Gasteiger partial charge in [0.2, 0.25) is 0 Å². The van der Waals surface area contributed by atoms with Crippen molar-refractivity contribution in [2.75, 3.05) is 12.4 Å². The van der Waals surface area contributed by atoms with Crippen LogP contribution < -0.4 is 14.8 Å². The molecule has 0 saturated heterocycles. The summed E-state index contributed by atoms with van der Waals surface area (Å²) in [5.74, 6) is 1.29.